The van der Waals surface area contributed by atoms with Crippen molar-refractivity contribution in [2.24, 2.45) is 0 Å². The molecule has 0 saturated carbocycles. The molecule has 0 fully saturated rings. The maximum absolute atomic E-state index is 12.4. The number of nitrogens with one attached hydrogen (secondary N) is 1. The topological polar surface area (TPSA) is 42.2 Å². The number of ether oxygens (including phenoxy) is 1. The van der Waals surface area contributed by atoms with Crippen LogP contribution in [-0.2, 0) is 6.54 Å². The molecule has 2 aromatic carbocycles. The van der Waals surface area contributed by atoms with E-state index in [1.807, 2.05) is 54.9 Å². The van der Waals surface area contributed by atoms with E-state index < -0.39 is 0 Å². The Kier molecular flexibility index (Phi) is 6.71. The smallest absolute Gasteiger partial charge is 0.259 e. The number of anilines is 1. The number of hydrogen-bond acceptors (Lipinski definition) is 2. The first-order chi connectivity index (χ1) is 11.8. The molecule has 1 N–H and O–H groups in total. The highest BCUT2D eigenvalue weighted by atomic mass is 79.9. The molecular weight excluding hydrogens is 380 g/mol. The molecule has 0 unspecified atom stereocenters. The normalized spacial score (nSPS) is 9.80. The number of aromatic nitrogens is 1. The zero-order chi connectivity index (χ0) is 16.8. The standard InChI is InChI=1S/C20H18N2O2.BrH/c1-24-19-10-6-5-9-18(19)20(23)21-17-11-13-22(14-12-17)15-16-7-3-2-4-8-16;/h2-14H,15H2,1H3;1H. The van der Waals surface area contributed by atoms with Gasteiger partial charge in [0.15, 0.2) is 18.9 Å². The zero-order valence-electron chi connectivity index (χ0n) is 13.9. The van der Waals surface area contributed by atoms with Gasteiger partial charge >= 0.3 is 0 Å². The van der Waals surface area contributed by atoms with Crippen LogP contribution in [-0.4, -0.2) is 13.0 Å². The number of halogens is 1. The molecule has 3 aromatic rings. The highest BCUT2D eigenvalue weighted by Gasteiger charge is 2.12. The summed E-state index contributed by atoms with van der Waals surface area (Å²) in [7, 11) is 1.56. The third-order valence-corrected chi connectivity index (χ3v) is 3.71. The van der Waals surface area contributed by atoms with Crippen LogP contribution in [0.3, 0.4) is 0 Å². The van der Waals surface area contributed by atoms with Gasteiger partial charge in [0.25, 0.3) is 5.91 Å². The maximum atomic E-state index is 12.4. The van der Waals surface area contributed by atoms with Gasteiger partial charge in [-0.1, -0.05) is 42.5 Å². The van der Waals surface area contributed by atoms with Crippen molar-refractivity contribution in [3.05, 3.63) is 90.3 Å². The molecule has 0 saturated heterocycles. The monoisotopic (exact) mass is 398 g/mol. The van der Waals surface area contributed by atoms with Crippen molar-refractivity contribution in [2.75, 3.05) is 12.4 Å². The Hall–Kier alpha value is -2.66. The Morgan fingerprint density at radius 3 is 2.28 bits per heavy atom. The van der Waals surface area contributed by atoms with Crippen molar-refractivity contribution in [3.63, 3.8) is 0 Å². The van der Waals surface area contributed by atoms with Crippen molar-refractivity contribution in [2.45, 2.75) is 6.54 Å². The molecule has 0 aliphatic carbocycles. The number of pyridine rings is 1. The van der Waals surface area contributed by atoms with E-state index in [4.69, 9.17) is 4.74 Å². The summed E-state index contributed by atoms with van der Waals surface area (Å²) >= 11 is 0. The number of methoxy groups -OCH3 is 1. The molecule has 5 heteroatoms. The highest BCUT2D eigenvalue weighted by Crippen LogP contribution is 2.18. The lowest BCUT2D eigenvalue weighted by Crippen LogP contribution is -3.00. The Labute approximate surface area is 157 Å². The van der Waals surface area contributed by atoms with E-state index in [-0.39, 0.29) is 22.9 Å². The van der Waals surface area contributed by atoms with Crippen LogP contribution in [0.4, 0.5) is 5.69 Å². The number of hydrogen-bond donors (Lipinski definition) is 1. The molecule has 0 radical (unpaired) electrons. The highest BCUT2D eigenvalue weighted by molar-refractivity contribution is 6.06. The molecule has 3 rings (SSSR count). The number of carbonyl (C=O) groups excluding carboxylic acids is 1. The van der Waals surface area contributed by atoms with E-state index in [9.17, 15) is 4.79 Å². The summed E-state index contributed by atoms with van der Waals surface area (Å²) in [5.41, 5.74) is 2.49. The number of amides is 1. The van der Waals surface area contributed by atoms with Gasteiger partial charge in [-0.2, -0.15) is 0 Å². The van der Waals surface area contributed by atoms with Crippen molar-refractivity contribution in [3.8, 4) is 5.75 Å². The van der Waals surface area contributed by atoms with E-state index in [1.165, 1.54) is 5.56 Å². The maximum Gasteiger partial charge on any atom is 0.259 e. The summed E-state index contributed by atoms with van der Waals surface area (Å²) in [4.78, 5) is 12.4. The number of rotatable bonds is 5. The van der Waals surface area contributed by atoms with Gasteiger partial charge in [-0.25, -0.2) is 4.57 Å². The van der Waals surface area contributed by atoms with Crippen LogP contribution in [0.5, 0.6) is 5.75 Å². The fraction of sp³-hybridized carbons (Fsp3) is 0.100. The fourth-order valence-corrected chi connectivity index (χ4v) is 2.47. The largest absolute Gasteiger partial charge is 1.00 e. The fourth-order valence-electron chi connectivity index (χ4n) is 2.47. The average Bonchev–Trinajstić information content (AvgIpc) is 2.64. The second-order valence-electron chi connectivity index (χ2n) is 5.40. The van der Waals surface area contributed by atoms with Crippen molar-refractivity contribution < 1.29 is 31.1 Å². The number of carbonyl (C=O) groups is 1. The average molecular weight is 399 g/mol. The summed E-state index contributed by atoms with van der Waals surface area (Å²) < 4.78 is 7.29. The van der Waals surface area contributed by atoms with Gasteiger partial charge in [0.1, 0.15) is 5.75 Å². The Morgan fingerprint density at radius 2 is 1.60 bits per heavy atom. The van der Waals surface area contributed by atoms with E-state index in [1.54, 1.807) is 19.2 Å². The second kappa shape index (κ2) is 8.99. The molecule has 4 nitrogen and oxygen atoms in total. The molecule has 25 heavy (non-hydrogen) atoms. The second-order valence-corrected chi connectivity index (χ2v) is 5.40. The first-order valence-electron chi connectivity index (χ1n) is 7.73. The lowest BCUT2D eigenvalue weighted by Gasteiger charge is -2.08. The zero-order valence-corrected chi connectivity index (χ0v) is 15.4. The molecule has 1 aromatic heterocycles. The minimum atomic E-state index is -0.187. The minimum Gasteiger partial charge on any atom is -1.00 e. The van der Waals surface area contributed by atoms with Gasteiger partial charge in [0.05, 0.1) is 18.4 Å². The molecule has 0 spiro atoms. The summed E-state index contributed by atoms with van der Waals surface area (Å²) in [6.45, 7) is 0.793. The van der Waals surface area contributed by atoms with E-state index >= 15 is 0 Å². The molecule has 128 valence electrons. The van der Waals surface area contributed by atoms with Gasteiger partial charge in [-0.05, 0) is 12.1 Å². The van der Waals surface area contributed by atoms with Crippen LogP contribution in [0.2, 0.25) is 0 Å². The van der Waals surface area contributed by atoms with Crippen molar-refractivity contribution in [1.29, 1.82) is 0 Å². The van der Waals surface area contributed by atoms with Crippen LogP contribution in [0.1, 0.15) is 15.9 Å². The summed E-state index contributed by atoms with van der Waals surface area (Å²) in [6, 6.07) is 21.2. The predicted octanol–water partition coefficient (Wildman–Crippen LogP) is 0.287. The third kappa shape index (κ3) is 4.90. The SMILES string of the molecule is COc1ccccc1C(=O)Nc1cc[n+](Cc2ccccc2)cc1.[Br-]. The predicted molar refractivity (Wildman–Crippen MR) is 93.1 cm³/mol. The van der Waals surface area contributed by atoms with Crippen LogP contribution < -0.4 is 31.6 Å². The quantitative estimate of drug-likeness (QED) is 0.627. The Bertz CT molecular complexity index is 821. The molecule has 0 bridgehead atoms. The van der Waals surface area contributed by atoms with Gasteiger partial charge in [-0.3, -0.25) is 4.79 Å². The first-order valence-corrected chi connectivity index (χ1v) is 7.73. The summed E-state index contributed by atoms with van der Waals surface area (Å²) in [6.07, 6.45) is 3.90. The van der Waals surface area contributed by atoms with Crippen LogP contribution in [0.15, 0.2) is 79.1 Å². The van der Waals surface area contributed by atoms with E-state index in [2.05, 4.69) is 22.0 Å². The molecule has 0 aliphatic heterocycles. The van der Waals surface area contributed by atoms with Gasteiger partial charge in [0, 0.05) is 17.7 Å². The number of benzene rings is 2. The van der Waals surface area contributed by atoms with Crippen LogP contribution in [0.25, 0.3) is 0 Å². The van der Waals surface area contributed by atoms with Crippen molar-refractivity contribution >= 4 is 11.6 Å². The molecule has 1 heterocycles. The van der Waals surface area contributed by atoms with Gasteiger partial charge in [-0.15, -0.1) is 0 Å². The molecule has 0 atom stereocenters. The lowest BCUT2D eigenvalue weighted by atomic mass is 10.2. The van der Waals surface area contributed by atoms with Crippen LogP contribution >= 0.6 is 0 Å². The Morgan fingerprint density at radius 1 is 0.960 bits per heavy atom. The number of para-hydroxylation sites is 1. The lowest BCUT2D eigenvalue weighted by molar-refractivity contribution is -0.688. The third-order valence-electron chi connectivity index (χ3n) is 3.71. The molecule has 0 aliphatic rings. The van der Waals surface area contributed by atoms with Gasteiger partial charge in [0.2, 0.25) is 0 Å². The van der Waals surface area contributed by atoms with Crippen molar-refractivity contribution in [1.82, 2.24) is 0 Å². The molecular formula is C20H19BrN2O2. The van der Waals surface area contributed by atoms with E-state index in [0.29, 0.717) is 11.3 Å². The Balaban J connectivity index is 0.00000225. The molecule has 1 amide bonds. The number of nitrogens with zero attached hydrogens (tertiary/aromatic N) is 1. The summed E-state index contributed by atoms with van der Waals surface area (Å²) in [5.74, 6) is 0.373. The van der Waals surface area contributed by atoms with Gasteiger partial charge < -0.3 is 27.0 Å². The first kappa shape index (κ1) is 18.7. The minimum absolute atomic E-state index is 0. The van der Waals surface area contributed by atoms with Crippen LogP contribution in [0, 0.1) is 0 Å². The summed E-state index contributed by atoms with van der Waals surface area (Å²) in [5, 5.41) is 2.89. The van der Waals surface area contributed by atoms with E-state index in [0.717, 1.165) is 12.2 Å².